The molecule has 0 atom stereocenters. The summed E-state index contributed by atoms with van der Waals surface area (Å²) >= 11 is 0. The average Bonchev–Trinajstić information content (AvgIpc) is 3.11. The smallest absolute Gasteiger partial charge is 0.252 e. The number of benzene rings is 6. The van der Waals surface area contributed by atoms with Crippen molar-refractivity contribution in [3.8, 4) is 0 Å². The molecule has 0 radical (unpaired) electrons. The second kappa shape index (κ2) is 12.9. The second-order valence-electron chi connectivity index (χ2n) is 19.0. The lowest BCUT2D eigenvalue weighted by Crippen LogP contribution is -2.62. The molecule has 0 bridgehead atoms. The molecular weight excluding hydrogens is 667 g/mol. The number of nitrogens with zero attached hydrogens (tertiary/aromatic N) is 2. The highest BCUT2D eigenvalue weighted by molar-refractivity contribution is 7.00. The fourth-order valence-electron chi connectivity index (χ4n) is 8.69. The first-order valence-corrected chi connectivity index (χ1v) is 21.2. The van der Waals surface area contributed by atoms with Gasteiger partial charge in [0.25, 0.3) is 6.71 Å². The number of aryl methyl sites for hydroxylation is 2. The maximum absolute atomic E-state index is 2.62. The van der Waals surface area contributed by atoms with Crippen molar-refractivity contribution in [2.24, 2.45) is 0 Å². The second-order valence-corrected chi connectivity index (χ2v) is 21.0. The van der Waals surface area contributed by atoms with Gasteiger partial charge in [-0.15, -0.1) is 0 Å². The summed E-state index contributed by atoms with van der Waals surface area (Å²) in [5.74, 6) is 0. The Hall–Kier alpha value is -4.80. The molecular formula is C50H55BN2Si. The fraction of sp³-hybridized carbons (Fsp3) is 0.280. The summed E-state index contributed by atoms with van der Waals surface area (Å²) in [7, 11) is -0.686. The van der Waals surface area contributed by atoms with Gasteiger partial charge in [-0.05, 0) is 111 Å². The van der Waals surface area contributed by atoms with Gasteiger partial charge in [-0.3, -0.25) is 0 Å². The van der Waals surface area contributed by atoms with E-state index < -0.39 is 9.52 Å². The van der Waals surface area contributed by atoms with Crippen LogP contribution in [0.2, 0.25) is 0 Å². The maximum Gasteiger partial charge on any atom is 0.252 e. The minimum absolute atomic E-state index is 0.0136. The first kappa shape index (κ1) is 36.2. The summed E-state index contributed by atoms with van der Waals surface area (Å²) in [4.78, 5) is 5.17. The Balaban J connectivity index is 1.46. The van der Waals surface area contributed by atoms with Crippen molar-refractivity contribution in [3.05, 3.63) is 149 Å². The van der Waals surface area contributed by atoms with Crippen LogP contribution in [0, 0.1) is 13.8 Å². The molecule has 6 aromatic carbocycles. The summed E-state index contributed by atoms with van der Waals surface area (Å²) in [6.07, 6.45) is 0. The Labute approximate surface area is 327 Å². The van der Waals surface area contributed by atoms with Gasteiger partial charge in [0, 0.05) is 34.1 Å². The quantitative estimate of drug-likeness (QED) is 0.167. The number of fused-ring (bicyclic) bond motifs is 4. The van der Waals surface area contributed by atoms with Crippen molar-refractivity contribution in [2.75, 3.05) is 9.80 Å². The van der Waals surface area contributed by atoms with Gasteiger partial charge in [0.1, 0.15) is 0 Å². The minimum atomic E-state index is -0.686. The molecule has 54 heavy (non-hydrogen) atoms. The lowest BCUT2D eigenvalue weighted by atomic mass is 9.33. The lowest BCUT2D eigenvalue weighted by molar-refractivity contribution is 0.590. The Bertz CT molecular complexity index is 2390. The molecule has 2 nitrogen and oxygen atoms in total. The zero-order valence-corrected chi connectivity index (χ0v) is 35.6. The number of anilines is 6. The zero-order valence-electron chi connectivity index (χ0n) is 34.2. The predicted octanol–water partition coefficient (Wildman–Crippen LogP) is 9.40. The van der Waals surface area contributed by atoms with Crippen LogP contribution in [0.5, 0.6) is 0 Å². The Morgan fingerprint density at radius 2 is 1.02 bits per heavy atom. The molecule has 272 valence electrons. The summed E-state index contributed by atoms with van der Waals surface area (Å²) in [6, 6.07) is 47.2. The molecule has 2 aliphatic rings. The predicted molar refractivity (Wildman–Crippen MR) is 240 cm³/mol. The van der Waals surface area contributed by atoms with Gasteiger partial charge in [-0.1, -0.05) is 157 Å². The number of rotatable bonds is 4. The van der Waals surface area contributed by atoms with Gasteiger partial charge in [-0.2, -0.15) is 0 Å². The third kappa shape index (κ3) is 6.33. The first-order chi connectivity index (χ1) is 25.5. The van der Waals surface area contributed by atoms with E-state index in [1.165, 1.54) is 88.7 Å². The largest absolute Gasteiger partial charge is 0.311 e. The van der Waals surface area contributed by atoms with E-state index in [1.54, 1.807) is 0 Å². The average molecular weight is 723 g/mol. The third-order valence-corrected chi connectivity index (χ3v) is 13.3. The topological polar surface area (TPSA) is 6.48 Å². The molecule has 4 heteroatoms. The minimum Gasteiger partial charge on any atom is -0.311 e. The van der Waals surface area contributed by atoms with Gasteiger partial charge >= 0.3 is 0 Å². The van der Waals surface area contributed by atoms with E-state index in [0.29, 0.717) is 0 Å². The molecule has 0 saturated heterocycles. The molecule has 0 N–H and O–H groups in total. The van der Waals surface area contributed by atoms with Crippen LogP contribution in [0.1, 0.15) is 90.1 Å². The first-order valence-electron chi connectivity index (χ1n) is 19.8. The van der Waals surface area contributed by atoms with Crippen molar-refractivity contribution in [2.45, 2.75) is 92.4 Å². The monoisotopic (exact) mass is 722 g/mol. The van der Waals surface area contributed by atoms with E-state index in [9.17, 15) is 0 Å². The van der Waals surface area contributed by atoms with E-state index in [1.807, 2.05) is 0 Å². The van der Waals surface area contributed by atoms with E-state index in [4.69, 9.17) is 0 Å². The van der Waals surface area contributed by atoms with Gasteiger partial charge < -0.3 is 9.80 Å². The van der Waals surface area contributed by atoms with Crippen LogP contribution in [0.15, 0.2) is 121 Å². The van der Waals surface area contributed by atoms with Crippen LogP contribution in [0.4, 0.5) is 34.1 Å². The highest BCUT2D eigenvalue weighted by Crippen LogP contribution is 2.47. The van der Waals surface area contributed by atoms with Crippen molar-refractivity contribution < 1.29 is 0 Å². The van der Waals surface area contributed by atoms with Crippen molar-refractivity contribution in [1.29, 1.82) is 0 Å². The van der Waals surface area contributed by atoms with Gasteiger partial charge in [0.15, 0.2) is 0 Å². The van der Waals surface area contributed by atoms with E-state index in [-0.39, 0.29) is 23.0 Å². The Morgan fingerprint density at radius 3 is 1.67 bits per heavy atom. The van der Waals surface area contributed by atoms with Crippen LogP contribution >= 0.6 is 0 Å². The molecule has 0 fully saturated rings. The van der Waals surface area contributed by atoms with Gasteiger partial charge in [0.2, 0.25) is 0 Å². The van der Waals surface area contributed by atoms with Crippen molar-refractivity contribution in [3.63, 3.8) is 0 Å². The van der Waals surface area contributed by atoms with E-state index >= 15 is 0 Å². The fourth-order valence-corrected chi connectivity index (χ4v) is 10.2. The van der Waals surface area contributed by atoms with Crippen LogP contribution < -0.4 is 36.6 Å². The Kier molecular flexibility index (Phi) is 8.65. The van der Waals surface area contributed by atoms with Crippen LogP contribution in [0.3, 0.4) is 0 Å². The van der Waals surface area contributed by atoms with Gasteiger partial charge in [-0.25, -0.2) is 0 Å². The zero-order chi connectivity index (χ0) is 38.3. The highest BCUT2D eigenvalue weighted by Gasteiger charge is 2.44. The summed E-state index contributed by atoms with van der Waals surface area (Å²) in [6.45, 7) is 25.6. The van der Waals surface area contributed by atoms with Crippen LogP contribution in [-0.4, -0.2) is 16.2 Å². The van der Waals surface area contributed by atoms with E-state index in [0.717, 1.165) is 0 Å². The summed E-state index contributed by atoms with van der Waals surface area (Å²) < 4.78 is 0. The van der Waals surface area contributed by atoms with E-state index in [2.05, 4.69) is 207 Å². The lowest BCUT2D eigenvalue weighted by Gasteiger charge is -2.45. The molecule has 2 aliphatic heterocycles. The van der Waals surface area contributed by atoms with Crippen LogP contribution in [-0.2, 0) is 16.2 Å². The number of hydrogen-bond donors (Lipinski definition) is 0. The standard InChI is InChI=1S/C50H55BN2Si/c1-32-17-24-42(39(27-32)50(9,10)11)53-44-26-23-38(54-37-15-13-12-14-16-37)31-41(44)51-40-30-35(49(6,7)8)20-25-43(40)52(45-28-33(2)29-46(53)47(45)51)36-21-18-34(19-22-36)48(3,4)5/h12-31H,54H2,1-11H3. The van der Waals surface area contributed by atoms with Crippen molar-refractivity contribution in [1.82, 2.24) is 0 Å². The van der Waals surface area contributed by atoms with Crippen LogP contribution in [0.25, 0.3) is 0 Å². The SMILES string of the molecule is Cc1cc2c3c(c1)N(c1ccc(C)cc1C(C)(C)C)c1ccc([SiH2]c4ccccc4)cc1B3c1cc(C(C)(C)C)ccc1N2c1ccc(C(C)(C)C)cc1. The third-order valence-electron chi connectivity index (χ3n) is 11.6. The molecule has 0 amide bonds. The molecule has 0 unspecified atom stereocenters. The van der Waals surface area contributed by atoms with Crippen molar-refractivity contribution >= 4 is 77.1 Å². The molecule has 0 aromatic heterocycles. The molecule has 6 aromatic rings. The Morgan fingerprint density at radius 1 is 0.444 bits per heavy atom. The highest BCUT2D eigenvalue weighted by atomic mass is 28.2. The molecule has 2 heterocycles. The summed E-state index contributed by atoms with van der Waals surface area (Å²) in [5.41, 5.74) is 18.5. The molecule has 8 rings (SSSR count). The molecule has 0 spiro atoms. The number of hydrogen-bond acceptors (Lipinski definition) is 2. The normalized spacial score (nSPS) is 14.0. The maximum atomic E-state index is 2.62. The molecule has 0 aliphatic carbocycles. The van der Waals surface area contributed by atoms with Gasteiger partial charge in [0.05, 0.1) is 9.52 Å². The molecule has 0 saturated carbocycles. The summed E-state index contributed by atoms with van der Waals surface area (Å²) in [5, 5.41) is 2.95.